The highest BCUT2D eigenvalue weighted by Gasteiger charge is 2.20. The summed E-state index contributed by atoms with van der Waals surface area (Å²) in [5, 5.41) is 5.99. The first kappa shape index (κ1) is 13.8. The van der Waals surface area contributed by atoms with Crippen molar-refractivity contribution in [2.75, 3.05) is 12.8 Å². The van der Waals surface area contributed by atoms with Gasteiger partial charge in [0.1, 0.15) is 5.69 Å². The summed E-state index contributed by atoms with van der Waals surface area (Å²) in [6, 6.07) is 9.90. The number of rotatable bonds is 3. The molecule has 1 heterocycles. The van der Waals surface area contributed by atoms with Crippen LogP contribution in [0.15, 0.2) is 41.2 Å². The zero-order valence-electron chi connectivity index (χ0n) is 11.3. The standard InChI is InChI=1S/C14H16N4O2/c1-9(10-4-3-5-11(15)8-10)18(2)14(20)12-6-7-13(19)17-16-12/h3-9H,15H2,1-2H3,(H,17,19). The van der Waals surface area contributed by atoms with Gasteiger partial charge < -0.3 is 10.6 Å². The molecule has 6 heteroatoms. The fraction of sp³-hybridized carbons (Fsp3) is 0.214. The molecule has 0 saturated heterocycles. The molecule has 1 aromatic heterocycles. The minimum atomic E-state index is -0.340. The van der Waals surface area contributed by atoms with Gasteiger partial charge >= 0.3 is 0 Å². The average molecular weight is 272 g/mol. The van der Waals surface area contributed by atoms with Crippen LogP contribution < -0.4 is 11.3 Å². The minimum absolute atomic E-state index is 0.153. The summed E-state index contributed by atoms with van der Waals surface area (Å²) < 4.78 is 0. The van der Waals surface area contributed by atoms with Crippen LogP contribution in [0, 0.1) is 0 Å². The maximum absolute atomic E-state index is 12.3. The molecule has 0 fully saturated rings. The van der Waals surface area contributed by atoms with Crippen molar-refractivity contribution < 1.29 is 4.79 Å². The Hall–Kier alpha value is -2.63. The SMILES string of the molecule is CC(c1cccc(N)c1)N(C)C(=O)c1ccc(=O)[nH]n1. The number of amides is 1. The number of aromatic nitrogens is 2. The Bertz CT molecular complexity index is 660. The van der Waals surface area contributed by atoms with Gasteiger partial charge in [-0.1, -0.05) is 12.1 Å². The molecule has 6 nitrogen and oxygen atoms in total. The van der Waals surface area contributed by atoms with Crippen LogP contribution in [0.5, 0.6) is 0 Å². The second-order valence-electron chi connectivity index (χ2n) is 4.57. The molecule has 2 aromatic rings. The van der Waals surface area contributed by atoms with E-state index in [-0.39, 0.29) is 23.2 Å². The number of carbonyl (C=O) groups excluding carboxylic acids is 1. The molecule has 1 aromatic carbocycles. The van der Waals surface area contributed by atoms with E-state index in [0.717, 1.165) is 5.56 Å². The molecule has 0 aliphatic carbocycles. The Morgan fingerprint density at radius 3 is 2.70 bits per heavy atom. The smallest absolute Gasteiger partial charge is 0.274 e. The van der Waals surface area contributed by atoms with E-state index < -0.39 is 0 Å². The molecule has 0 aliphatic heterocycles. The number of nitrogens with one attached hydrogen (secondary N) is 1. The van der Waals surface area contributed by atoms with E-state index in [1.807, 2.05) is 25.1 Å². The van der Waals surface area contributed by atoms with Gasteiger partial charge in [-0.3, -0.25) is 9.59 Å². The van der Waals surface area contributed by atoms with E-state index in [1.165, 1.54) is 12.1 Å². The zero-order valence-corrected chi connectivity index (χ0v) is 11.3. The summed E-state index contributed by atoms with van der Waals surface area (Å²) in [5.74, 6) is -0.267. The first-order chi connectivity index (χ1) is 9.49. The molecule has 1 amide bonds. The highest BCUT2D eigenvalue weighted by Crippen LogP contribution is 2.21. The quantitative estimate of drug-likeness (QED) is 0.821. The molecular formula is C14H16N4O2. The number of nitrogen functional groups attached to an aromatic ring is 1. The van der Waals surface area contributed by atoms with Crippen LogP contribution in [0.4, 0.5) is 5.69 Å². The van der Waals surface area contributed by atoms with Gasteiger partial charge in [0.05, 0.1) is 6.04 Å². The second-order valence-corrected chi connectivity index (χ2v) is 4.57. The van der Waals surface area contributed by atoms with Crippen molar-refractivity contribution in [2.45, 2.75) is 13.0 Å². The van der Waals surface area contributed by atoms with Crippen LogP contribution >= 0.6 is 0 Å². The maximum Gasteiger partial charge on any atom is 0.274 e. The first-order valence-corrected chi connectivity index (χ1v) is 6.17. The van der Waals surface area contributed by atoms with Gasteiger partial charge in [-0.05, 0) is 30.7 Å². The number of anilines is 1. The topological polar surface area (TPSA) is 92.1 Å². The second kappa shape index (κ2) is 5.56. The molecule has 20 heavy (non-hydrogen) atoms. The molecule has 0 saturated carbocycles. The maximum atomic E-state index is 12.3. The van der Waals surface area contributed by atoms with Gasteiger partial charge in [-0.25, -0.2) is 5.10 Å². The Morgan fingerprint density at radius 2 is 2.10 bits per heavy atom. The molecule has 1 unspecified atom stereocenters. The summed E-state index contributed by atoms with van der Waals surface area (Å²) in [7, 11) is 1.68. The number of hydrogen-bond acceptors (Lipinski definition) is 4. The Balaban J connectivity index is 2.22. The van der Waals surface area contributed by atoms with Crippen molar-refractivity contribution >= 4 is 11.6 Å². The Labute approximate surface area is 116 Å². The lowest BCUT2D eigenvalue weighted by Crippen LogP contribution is -2.31. The molecule has 3 N–H and O–H groups in total. The van der Waals surface area contributed by atoms with E-state index in [4.69, 9.17) is 5.73 Å². The van der Waals surface area contributed by atoms with Crippen molar-refractivity contribution in [2.24, 2.45) is 0 Å². The number of H-pyrrole nitrogens is 1. The van der Waals surface area contributed by atoms with Gasteiger partial charge in [-0.15, -0.1) is 0 Å². The summed E-state index contributed by atoms with van der Waals surface area (Å²) in [4.78, 5) is 24.8. The van der Waals surface area contributed by atoms with Crippen molar-refractivity contribution in [1.82, 2.24) is 15.1 Å². The van der Waals surface area contributed by atoms with Gasteiger partial charge in [0.15, 0.2) is 0 Å². The van der Waals surface area contributed by atoms with E-state index in [2.05, 4.69) is 10.2 Å². The molecule has 0 bridgehead atoms. The van der Waals surface area contributed by atoms with E-state index in [9.17, 15) is 9.59 Å². The van der Waals surface area contributed by atoms with Gasteiger partial charge in [0.25, 0.3) is 11.5 Å². The lowest BCUT2D eigenvalue weighted by atomic mass is 10.1. The number of benzene rings is 1. The number of nitrogens with two attached hydrogens (primary N) is 1. The number of carbonyl (C=O) groups is 1. The molecular weight excluding hydrogens is 256 g/mol. The Morgan fingerprint density at radius 1 is 1.35 bits per heavy atom. The van der Waals surface area contributed by atoms with Gasteiger partial charge in [0, 0.05) is 18.8 Å². The summed E-state index contributed by atoms with van der Waals surface area (Å²) in [6.45, 7) is 1.90. The Kier molecular flexibility index (Phi) is 3.84. The van der Waals surface area contributed by atoms with Crippen molar-refractivity contribution in [3.8, 4) is 0 Å². The van der Waals surface area contributed by atoms with Crippen molar-refractivity contribution in [1.29, 1.82) is 0 Å². The monoisotopic (exact) mass is 272 g/mol. The summed E-state index contributed by atoms with van der Waals surface area (Å²) in [6.07, 6.45) is 0. The van der Waals surface area contributed by atoms with E-state index >= 15 is 0 Å². The minimum Gasteiger partial charge on any atom is -0.399 e. The molecule has 0 aliphatic rings. The summed E-state index contributed by atoms with van der Waals surface area (Å²) >= 11 is 0. The van der Waals surface area contributed by atoms with Crippen LogP contribution in [0.3, 0.4) is 0 Å². The molecule has 2 rings (SSSR count). The summed E-state index contributed by atoms with van der Waals surface area (Å²) in [5.41, 5.74) is 7.19. The normalized spacial score (nSPS) is 11.9. The van der Waals surface area contributed by atoms with E-state index in [0.29, 0.717) is 5.69 Å². The largest absolute Gasteiger partial charge is 0.399 e. The fourth-order valence-corrected chi connectivity index (χ4v) is 1.86. The molecule has 104 valence electrons. The predicted octanol–water partition coefficient (Wildman–Crippen LogP) is 1.19. The highest BCUT2D eigenvalue weighted by atomic mass is 16.2. The first-order valence-electron chi connectivity index (χ1n) is 6.17. The van der Waals surface area contributed by atoms with E-state index in [1.54, 1.807) is 18.0 Å². The average Bonchev–Trinajstić information content (AvgIpc) is 2.46. The molecule has 0 spiro atoms. The lowest BCUT2D eigenvalue weighted by molar-refractivity contribution is 0.0735. The number of nitrogens with zero attached hydrogens (tertiary/aromatic N) is 2. The number of hydrogen-bond donors (Lipinski definition) is 2. The van der Waals surface area contributed by atoms with Crippen LogP contribution in [-0.4, -0.2) is 28.1 Å². The number of aromatic amines is 1. The van der Waals surface area contributed by atoms with Crippen LogP contribution in [0.25, 0.3) is 0 Å². The fourth-order valence-electron chi connectivity index (χ4n) is 1.86. The van der Waals surface area contributed by atoms with Crippen LogP contribution in [0.1, 0.15) is 29.0 Å². The van der Waals surface area contributed by atoms with Gasteiger partial charge in [-0.2, -0.15) is 5.10 Å². The molecule has 1 atom stereocenters. The van der Waals surface area contributed by atoms with Gasteiger partial charge in [0.2, 0.25) is 0 Å². The van der Waals surface area contributed by atoms with Crippen LogP contribution in [-0.2, 0) is 0 Å². The van der Waals surface area contributed by atoms with Crippen LogP contribution in [0.2, 0.25) is 0 Å². The van der Waals surface area contributed by atoms with Crippen molar-refractivity contribution in [3.63, 3.8) is 0 Å². The molecule has 0 radical (unpaired) electrons. The third-order valence-electron chi connectivity index (χ3n) is 3.19. The predicted molar refractivity (Wildman–Crippen MR) is 76.2 cm³/mol. The third kappa shape index (κ3) is 2.85. The zero-order chi connectivity index (χ0) is 14.7. The van der Waals surface area contributed by atoms with Crippen molar-refractivity contribution in [3.05, 3.63) is 58.0 Å². The highest BCUT2D eigenvalue weighted by molar-refractivity contribution is 5.92. The third-order valence-corrected chi connectivity index (χ3v) is 3.19. The lowest BCUT2D eigenvalue weighted by Gasteiger charge is -2.25.